The number of phenols is 1. The zero-order valence-electron chi connectivity index (χ0n) is 21.5. The summed E-state index contributed by atoms with van der Waals surface area (Å²) in [7, 11) is 0. The Morgan fingerprint density at radius 1 is 0.531 bits per heavy atom. The second-order valence-corrected chi connectivity index (χ2v) is 10.2. The molecule has 0 spiro atoms. The van der Waals surface area contributed by atoms with Gasteiger partial charge in [0.1, 0.15) is 5.75 Å². The summed E-state index contributed by atoms with van der Waals surface area (Å²) in [4.78, 5) is 0. The summed E-state index contributed by atoms with van der Waals surface area (Å²) in [6, 6.07) is 4.18. The Bertz CT molecular complexity index is 554. The molecule has 186 valence electrons. The van der Waals surface area contributed by atoms with Crippen LogP contribution < -0.4 is 0 Å². The summed E-state index contributed by atoms with van der Waals surface area (Å²) < 4.78 is 0. The van der Waals surface area contributed by atoms with Crippen molar-refractivity contribution in [2.75, 3.05) is 0 Å². The number of alkyl halides is 1. The van der Waals surface area contributed by atoms with Gasteiger partial charge in [0.2, 0.25) is 0 Å². The van der Waals surface area contributed by atoms with E-state index in [1.807, 2.05) is 0 Å². The fourth-order valence-corrected chi connectivity index (χ4v) is 4.93. The Morgan fingerprint density at radius 3 is 1.28 bits per heavy atom. The second-order valence-electron chi connectivity index (χ2n) is 9.91. The van der Waals surface area contributed by atoms with Gasteiger partial charge >= 0.3 is 0 Å². The molecule has 0 aliphatic heterocycles. The standard InChI is InChI=1S/C30H53ClO/c1-3-5-6-7-8-9-10-11-12-13-14-15-16-17-18-19-20-21-23-29-25-27(26-31)24-28(22-4-2)30(29)32/h24-25,32H,3-23,26H2,1-2H3. The highest BCUT2D eigenvalue weighted by molar-refractivity contribution is 6.17. The first-order chi connectivity index (χ1) is 15.7. The normalized spacial score (nSPS) is 11.3. The molecule has 1 rings (SSSR count). The summed E-state index contributed by atoms with van der Waals surface area (Å²) in [5.41, 5.74) is 3.32. The molecule has 0 aliphatic carbocycles. The first-order valence-electron chi connectivity index (χ1n) is 14.1. The number of aryl methyl sites for hydroxylation is 2. The van der Waals surface area contributed by atoms with Crippen LogP contribution in [0.1, 0.15) is 153 Å². The summed E-state index contributed by atoms with van der Waals surface area (Å²) in [6.45, 7) is 4.45. The van der Waals surface area contributed by atoms with Crippen LogP contribution in [0.2, 0.25) is 0 Å². The molecule has 2 heteroatoms. The average molecular weight is 465 g/mol. The lowest BCUT2D eigenvalue weighted by Gasteiger charge is -2.12. The lowest BCUT2D eigenvalue weighted by atomic mass is 9.97. The summed E-state index contributed by atoms with van der Waals surface area (Å²) in [5, 5.41) is 10.5. The molecule has 0 bridgehead atoms. The molecule has 1 aromatic carbocycles. The van der Waals surface area contributed by atoms with Crippen LogP contribution in [0.4, 0.5) is 0 Å². The predicted octanol–water partition coefficient (Wildman–Crippen LogP) is 10.7. The molecule has 0 fully saturated rings. The monoisotopic (exact) mass is 464 g/mol. The number of phenolic OH excluding ortho intramolecular Hbond substituents is 1. The molecule has 32 heavy (non-hydrogen) atoms. The SMILES string of the molecule is CCCCCCCCCCCCCCCCCCCCc1cc(CCl)cc(CCC)c1O. The van der Waals surface area contributed by atoms with E-state index in [0.29, 0.717) is 11.6 Å². The van der Waals surface area contributed by atoms with E-state index in [9.17, 15) is 5.11 Å². The van der Waals surface area contributed by atoms with Gasteiger partial charge in [-0.05, 0) is 36.0 Å². The molecule has 0 aliphatic rings. The van der Waals surface area contributed by atoms with Crippen LogP contribution in [0, 0.1) is 0 Å². The molecule has 1 nitrogen and oxygen atoms in total. The molecule has 0 unspecified atom stereocenters. The molecular formula is C30H53ClO. The zero-order valence-corrected chi connectivity index (χ0v) is 22.3. The highest BCUT2D eigenvalue weighted by Crippen LogP contribution is 2.28. The van der Waals surface area contributed by atoms with Gasteiger partial charge in [-0.2, -0.15) is 0 Å². The van der Waals surface area contributed by atoms with Gasteiger partial charge in [0.15, 0.2) is 0 Å². The fraction of sp³-hybridized carbons (Fsp3) is 0.800. The van der Waals surface area contributed by atoms with Crippen LogP contribution in [-0.4, -0.2) is 5.11 Å². The lowest BCUT2D eigenvalue weighted by Crippen LogP contribution is -1.95. The van der Waals surface area contributed by atoms with E-state index in [1.165, 1.54) is 116 Å². The van der Waals surface area contributed by atoms with Crippen molar-refractivity contribution < 1.29 is 5.11 Å². The van der Waals surface area contributed by atoms with Crippen LogP contribution >= 0.6 is 11.6 Å². The van der Waals surface area contributed by atoms with Crippen molar-refractivity contribution in [3.8, 4) is 5.75 Å². The van der Waals surface area contributed by atoms with Gasteiger partial charge in [0.25, 0.3) is 0 Å². The van der Waals surface area contributed by atoms with Crippen LogP contribution in [0.25, 0.3) is 0 Å². The van der Waals surface area contributed by atoms with Crippen LogP contribution in [0.15, 0.2) is 12.1 Å². The maximum Gasteiger partial charge on any atom is 0.121 e. The third-order valence-corrected chi connectivity index (χ3v) is 7.11. The average Bonchev–Trinajstić information content (AvgIpc) is 2.80. The number of rotatable bonds is 22. The van der Waals surface area contributed by atoms with Crippen molar-refractivity contribution in [3.63, 3.8) is 0 Å². The molecule has 0 saturated heterocycles. The second kappa shape index (κ2) is 20.9. The zero-order chi connectivity index (χ0) is 23.3. The Hall–Kier alpha value is -0.690. The molecule has 0 saturated carbocycles. The Morgan fingerprint density at radius 2 is 0.906 bits per heavy atom. The first kappa shape index (κ1) is 29.3. The molecule has 0 heterocycles. The van der Waals surface area contributed by atoms with Crippen LogP contribution in [-0.2, 0) is 18.7 Å². The van der Waals surface area contributed by atoms with E-state index in [0.717, 1.165) is 36.0 Å². The Balaban J connectivity index is 1.94. The third-order valence-electron chi connectivity index (χ3n) is 6.80. The molecular weight excluding hydrogens is 412 g/mol. The number of aromatic hydroxyl groups is 1. The van der Waals surface area contributed by atoms with E-state index in [4.69, 9.17) is 11.6 Å². The smallest absolute Gasteiger partial charge is 0.121 e. The van der Waals surface area contributed by atoms with Crippen molar-refractivity contribution in [1.82, 2.24) is 0 Å². The van der Waals surface area contributed by atoms with Gasteiger partial charge in [-0.1, -0.05) is 142 Å². The highest BCUT2D eigenvalue weighted by Gasteiger charge is 2.09. The van der Waals surface area contributed by atoms with Crippen molar-refractivity contribution in [1.29, 1.82) is 0 Å². The largest absolute Gasteiger partial charge is 0.507 e. The van der Waals surface area contributed by atoms with E-state index in [1.54, 1.807) is 0 Å². The third kappa shape index (κ3) is 14.5. The molecule has 0 atom stereocenters. The molecule has 0 radical (unpaired) electrons. The number of halogens is 1. The Labute approximate surface area is 205 Å². The van der Waals surface area contributed by atoms with Crippen LogP contribution in [0.5, 0.6) is 5.75 Å². The molecule has 0 aromatic heterocycles. The minimum absolute atomic E-state index is 0.521. The highest BCUT2D eigenvalue weighted by atomic mass is 35.5. The number of unbranched alkanes of at least 4 members (excludes halogenated alkanes) is 17. The minimum Gasteiger partial charge on any atom is -0.507 e. The topological polar surface area (TPSA) is 20.2 Å². The van der Waals surface area contributed by atoms with E-state index >= 15 is 0 Å². The van der Waals surface area contributed by atoms with Gasteiger partial charge in [0.05, 0.1) is 0 Å². The van der Waals surface area contributed by atoms with E-state index < -0.39 is 0 Å². The summed E-state index contributed by atoms with van der Waals surface area (Å²) >= 11 is 6.05. The van der Waals surface area contributed by atoms with Crippen molar-refractivity contribution in [2.24, 2.45) is 0 Å². The molecule has 1 N–H and O–H groups in total. The van der Waals surface area contributed by atoms with Crippen molar-refractivity contribution in [3.05, 3.63) is 28.8 Å². The maximum absolute atomic E-state index is 10.5. The Kier molecular flexibility index (Phi) is 19.1. The quantitative estimate of drug-likeness (QED) is 0.133. The number of benzene rings is 1. The molecule has 0 amide bonds. The minimum atomic E-state index is 0.521. The summed E-state index contributed by atoms with van der Waals surface area (Å²) in [5.74, 6) is 1.05. The van der Waals surface area contributed by atoms with Crippen molar-refractivity contribution >= 4 is 11.6 Å². The van der Waals surface area contributed by atoms with Gasteiger partial charge in [-0.25, -0.2) is 0 Å². The maximum atomic E-state index is 10.5. The molecule has 1 aromatic rings. The van der Waals surface area contributed by atoms with Crippen molar-refractivity contribution in [2.45, 2.75) is 155 Å². The lowest BCUT2D eigenvalue weighted by molar-refractivity contribution is 0.458. The van der Waals surface area contributed by atoms with Gasteiger partial charge in [-0.3, -0.25) is 0 Å². The summed E-state index contributed by atoms with van der Waals surface area (Å²) in [6.07, 6.45) is 28.2. The van der Waals surface area contributed by atoms with Crippen LogP contribution in [0.3, 0.4) is 0 Å². The fourth-order valence-electron chi connectivity index (χ4n) is 4.78. The van der Waals surface area contributed by atoms with E-state index in [2.05, 4.69) is 26.0 Å². The number of hydrogen-bond donors (Lipinski definition) is 1. The van der Waals surface area contributed by atoms with E-state index in [-0.39, 0.29) is 0 Å². The van der Waals surface area contributed by atoms with Gasteiger partial charge < -0.3 is 5.11 Å². The first-order valence-corrected chi connectivity index (χ1v) is 14.7. The van der Waals surface area contributed by atoms with Gasteiger partial charge in [0, 0.05) is 5.88 Å². The number of hydrogen-bond acceptors (Lipinski definition) is 1. The van der Waals surface area contributed by atoms with Gasteiger partial charge in [-0.15, -0.1) is 11.6 Å². The predicted molar refractivity (Wildman–Crippen MR) is 144 cm³/mol.